The van der Waals surface area contributed by atoms with Crippen LogP contribution in [-0.4, -0.2) is 51.3 Å². The molecular weight excluding hydrogens is 200 g/mol. The smallest absolute Gasteiger partial charge is 0.0469 e. The second kappa shape index (κ2) is 8.04. The maximum Gasteiger partial charge on any atom is 0.0469 e. The van der Waals surface area contributed by atoms with Crippen molar-refractivity contribution in [3.8, 4) is 0 Å². The van der Waals surface area contributed by atoms with Gasteiger partial charge in [-0.15, -0.1) is 0 Å². The zero-order valence-corrected chi connectivity index (χ0v) is 11.2. The lowest BCUT2D eigenvalue weighted by atomic mass is 9.98. The molecule has 0 aromatic heterocycles. The van der Waals surface area contributed by atoms with Gasteiger partial charge in [-0.2, -0.15) is 0 Å². The van der Waals surface area contributed by atoms with E-state index in [-0.39, 0.29) is 0 Å². The Morgan fingerprint density at radius 2 is 2.06 bits per heavy atom. The Hall–Kier alpha value is -0.120. The predicted octanol–water partition coefficient (Wildman–Crippen LogP) is 1.73. The van der Waals surface area contributed by atoms with Gasteiger partial charge in [0, 0.05) is 32.3 Å². The van der Waals surface area contributed by atoms with Gasteiger partial charge in [0.15, 0.2) is 0 Å². The summed E-state index contributed by atoms with van der Waals surface area (Å²) >= 11 is 0. The predicted molar refractivity (Wildman–Crippen MR) is 68.8 cm³/mol. The molecule has 1 N–H and O–H groups in total. The molecule has 0 amide bonds. The monoisotopic (exact) mass is 228 g/mol. The largest absolute Gasteiger partial charge is 0.381 e. The SMILES string of the molecule is CCCC(CNC)N(C)CC1CCOCC1. The second-order valence-corrected chi connectivity index (χ2v) is 5.00. The first-order valence-corrected chi connectivity index (χ1v) is 6.70. The Morgan fingerprint density at radius 1 is 1.38 bits per heavy atom. The van der Waals surface area contributed by atoms with Crippen LogP contribution >= 0.6 is 0 Å². The van der Waals surface area contributed by atoms with Gasteiger partial charge in [-0.3, -0.25) is 0 Å². The number of hydrogen-bond donors (Lipinski definition) is 1. The summed E-state index contributed by atoms with van der Waals surface area (Å²) in [4.78, 5) is 2.54. The van der Waals surface area contributed by atoms with E-state index in [2.05, 4.69) is 24.2 Å². The molecule has 1 saturated heterocycles. The van der Waals surface area contributed by atoms with Crippen LogP contribution in [0, 0.1) is 5.92 Å². The van der Waals surface area contributed by atoms with E-state index in [1.807, 2.05) is 7.05 Å². The highest BCUT2D eigenvalue weighted by atomic mass is 16.5. The second-order valence-electron chi connectivity index (χ2n) is 5.00. The number of hydrogen-bond acceptors (Lipinski definition) is 3. The van der Waals surface area contributed by atoms with Crippen LogP contribution in [-0.2, 0) is 4.74 Å². The summed E-state index contributed by atoms with van der Waals surface area (Å²) in [6.45, 7) is 6.53. The van der Waals surface area contributed by atoms with Crippen molar-refractivity contribution in [1.29, 1.82) is 0 Å². The minimum Gasteiger partial charge on any atom is -0.381 e. The van der Waals surface area contributed by atoms with Crippen LogP contribution in [0.2, 0.25) is 0 Å². The van der Waals surface area contributed by atoms with Gasteiger partial charge in [0.2, 0.25) is 0 Å². The quantitative estimate of drug-likeness (QED) is 0.718. The summed E-state index contributed by atoms with van der Waals surface area (Å²) in [6.07, 6.45) is 5.04. The maximum atomic E-state index is 5.41. The fourth-order valence-corrected chi connectivity index (χ4v) is 2.53. The van der Waals surface area contributed by atoms with E-state index in [4.69, 9.17) is 4.74 Å². The fraction of sp³-hybridized carbons (Fsp3) is 1.00. The van der Waals surface area contributed by atoms with Crippen LogP contribution in [0.5, 0.6) is 0 Å². The van der Waals surface area contributed by atoms with Gasteiger partial charge in [-0.05, 0) is 39.3 Å². The van der Waals surface area contributed by atoms with Crippen LogP contribution < -0.4 is 5.32 Å². The van der Waals surface area contributed by atoms with Gasteiger partial charge in [-0.25, -0.2) is 0 Å². The first-order chi connectivity index (χ1) is 7.77. The Kier molecular flexibility index (Phi) is 7.01. The molecule has 0 saturated carbocycles. The van der Waals surface area contributed by atoms with Crippen molar-refractivity contribution in [2.24, 2.45) is 5.92 Å². The highest BCUT2D eigenvalue weighted by molar-refractivity contribution is 4.74. The number of rotatable bonds is 7. The third-order valence-electron chi connectivity index (χ3n) is 3.57. The molecule has 0 spiro atoms. The first kappa shape index (κ1) is 13.9. The van der Waals surface area contributed by atoms with Crippen molar-refractivity contribution >= 4 is 0 Å². The topological polar surface area (TPSA) is 24.5 Å². The number of likely N-dealkylation sites (N-methyl/N-ethyl adjacent to an activating group) is 2. The molecule has 0 aromatic carbocycles. The van der Waals surface area contributed by atoms with Crippen molar-refractivity contribution in [3.05, 3.63) is 0 Å². The highest BCUT2D eigenvalue weighted by Crippen LogP contribution is 2.17. The third-order valence-corrected chi connectivity index (χ3v) is 3.57. The molecule has 1 fully saturated rings. The molecule has 1 rings (SSSR count). The minimum atomic E-state index is 0.692. The molecule has 3 nitrogen and oxygen atoms in total. The molecule has 1 atom stereocenters. The summed E-state index contributed by atoms with van der Waals surface area (Å²) in [5, 5.41) is 3.30. The summed E-state index contributed by atoms with van der Waals surface area (Å²) < 4.78 is 5.41. The van der Waals surface area contributed by atoms with Gasteiger partial charge < -0.3 is 15.0 Å². The molecule has 0 radical (unpaired) electrons. The summed E-state index contributed by atoms with van der Waals surface area (Å²) in [5.74, 6) is 0.843. The first-order valence-electron chi connectivity index (χ1n) is 6.70. The van der Waals surface area contributed by atoms with E-state index >= 15 is 0 Å². The fourth-order valence-electron chi connectivity index (χ4n) is 2.53. The molecule has 16 heavy (non-hydrogen) atoms. The number of nitrogens with one attached hydrogen (secondary N) is 1. The molecule has 1 aliphatic heterocycles. The van der Waals surface area contributed by atoms with Gasteiger partial charge in [-0.1, -0.05) is 13.3 Å². The van der Waals surface area contributed by atoms with Crippen molar-refractivity contribution < 1.29 is 4.74 Å². The molecule has 0 bridgehead atoms. The normalized spacial score (nSPS) is 20.2. The molecular formula is C13H28N2O. The molecule has 3 heteroatoms. The van der Waals surface area contributed by atoms with Crippen LogP contribution in [0.1, 0.15) is 32.6 Å². The van der Waals surface area contributed by atoms with Gasteiger partial charge in [0.25, 0.3) is 0 Å². The molecule has 96 valence electrons. The van der Waals surface area contributed by atoms with Crippen LogP contribution in [0.25, 0.3) is 0 Å². The van der Waals surface area contributed by atoms with Crippen molar-refractivity contribution in [1.82, 2.24) is 10.2 Å². The summed E-state index contributed by atoms with van der Waals surface area (Å²) in [6, 6.07) is 0.692. The maximum absolute atomic E-state index is 5.41. The molecule has 1 heterocycles. The van der Waals surface area contributed by atoms with Crippen molar-refractivity contribution in [2.45, 2.75) is 38.6 Å². The standard InChI is InChI=1S/C13H28N2O/c1-4-5-13(10-14-2)15(3)11-12-6-8-16-9-7-12/h12-14H,4-11H2,1-3H3. The molecule has 1 aliphatic rings. The van der Waals surface area contributed by atoms with E-state index in [0.717, 1.165) is 25.7 Å². The van der Waals surface area contributed by atoms with Gasteiger partial charge in [0.1, 0.15) is 0 Å². The van der Waals surface area contributed by atoms with Crippen LogP contribution in [0.3, 0.4) is 0 Å². The van der Waals surface area contributed by atoms with E-state index in [9.17, 15) is 0 Å². The number of ether oxygens (including phenoxy) is 1. The Bertz CT molecular complexity index is 163. The summed E-state index contributed by atoms with van der Waals surface area (Å²) in [5.41, 5.74) is 0. The Morgan fingerprint density at radius 3 is 2.62 bits per heavy atom. The average Bonchev–Trinajstić information content (AvgIpc) is 2.30. The average molecular weight is 228 g/mol. The number of nitrogens with zero attached hydrogens (tertiary/aromatic N) is 1. The lowest BCUT2D eigenvalue weighted by molar-refractivity contribution is 0.0497. The molecule has 1 unspecified atom stereocenters. The lowest BCUT2D eigenvalue weighted by Crippen LogP contribution is -2.42. The van der Waals surface area contributed by atoms with Gasteiger partial charge in [0.05, 0.1) is 0 Å². The zero-order chi connectivity index (χ0) is 11.8. The Balaban J connectivity index is 2.31. The van der Waals surface area contributed by atoms with Crippen molar-refractivity contribution in [3.63, 3.8) is 0 Å². The van der Waals surface area contributed by atoms with E-state index in [1.54, 1.807) is 0 Å². The molecule has 0 aliphatic carbocycles. The van der Waals surface area contributed by atoms with E-state index in [0.29, 0.717) is 6.04 Å². The van der Waals surface area contributed by atoms with Crippen LogP contribution in [0.15, 0.2) is 0 Å². The van der Waals surface area contributed by atoms with Gasteiger partial charge >= 0.3 is 0 Å². The highest BCUT2D eigenvalue weighted by Gasteiger charge is 2.19. The lowest BCUT2D eigenvalue weighted by Gasteiger charge is -2.32. The van der Waals surface area contributed by atoms with E-state index < -0.39 is 0 Å². The summed E-state index contributed by atoms with van der Waals surface area (Å²) in [7, 11) is 4.32. The minimum absolute atomic E-state index is 0.692. The van der Waals surface area contributed by atoms with Crippen molar-refractivity contribution in [2.75, 3.05) is 40.4 Å². The van der Waals surface area contributed by atoms with Crippen LogP contribution in [0.4, 0.5) is 0 Å². The third kappa shape index (κ3) is 4.81. The zero-order valence-electron chi connectivity index (χ0n) is 11.2. The Labute approximate surface area is 101 Å². The van der Waals surface area contributed by atoms with E-state index in [1.165, 1.54) is 32.2 Å². The molecule has 0 aromatic rings.